The summed E-state index contributed by atoms with van der Waals surface area (Å²) in [5.74, 6) is -0.778. The molecular formula is C19H20N4O4. The van der Waals surface area contributed by atoms with Crippen molar-refractivity contribution in [1.82, 2.24) is 9.88 Å². The van der Waals surface area contributed by atoms with Crippen LogP contribution in [-0.4, -0.2) is 28.0 Å². The molecule has 8 nitrogen and oxygen atoms in total. The van der Waals surface area contributed by atoms with Crippen molar-refractivity contribution in [3.8, 4) is 5.88 Å². The first-order valence-electron chi connectivity index (χ1n) is 8.54. The lowest BCUT2D eigenvalue weighted by Gasteiger charge is -2.09. The molecule has 3 rings (SSSR count). The molecule has 0 atom stereocenters. The van der Waals surface area contributed by atoms with Gasteiger partial charge in [0.05, 0.1) is 11.8 Å². The molecule has 0 bridgehead atoms. The van der Waals surface area contributed by atoms with Gasteiger partial charge < -0.3 is 19.4 Å². The first kappa shape index (κ1) is 18.4. The minimum Gasteiger partial charge on any atom is -0.493 e. The number of carbonyl (C=O) groups excluding carboxylic acids is 2. The molecule has 8 heteroatoms. The number of furan rings is 1. The fourth-order valence-electron chi connectivity index (χ4n) is 2.71. The van der Waals surface area contributed by atoms with E-state index in [-0.39, 0.29) is 23.9 Å². The highest BCUT2D eigenvalue weighted by Crippen LogP contribution is 2.39. The van der Waals surface area contributed by atoms with Gasteiger partial charge in [-0.2, -0.15) is 0 Å². The van der Waals surface area contributed by atoms with Gasteiger partial charge in [0.1, 0.15) is 6.54 Å². The maximum atomic E-state index is 11.9. The lowest BCUT2D eigenvalue weighted by Crippen LogP contribution is -2.28. The molecule has 0 fully saturated rings. The van der Waals surface area contributed by atoms with Crippen LogP contribution in [0, 0.1) is 5.92 Å². The third-order valence-electron chi connectivity index (χ3n) is 3.87. The normalized spacial score (nSPS) is 11.5. The minimum absolute atomic E-state index is 0.0407. The van der Waals surface area contributed by atoms with E-state index in [4.69, 9.17) is 4.42 Å². The summed E-state index contributed by atoms with van der Waals surface area (Å²) < 4.78 is 6.69. The Morgan fingerprint density at radius 3 is 2.70 bits per heavy atom. The molecule has 0 saturated carbocycles. The Morgan fingerprint density at radius 1 is 1.22 bits per heavy atom. The Bertz CT molecular complexity index is 987. The van der Waals surface area contributed by atoms with Crippen LogP contribution in [0.1, 0.15) is 24.4 Å². The lowest BCUT2D eigenvalue weighted by molar-refractivity contribution is -0.117. The van der Waals surface area contributed by atoms with Gasteiger partial charge in [-0.25, -0.2) is 0 Å². The summed E-state index contributed by atoms with van der Waals surface area (Å²) >= 11 is 0. The summed E-state index contributed by atoms with van der Waals surface area (Å²) in [6.45, 7) is 4.37. The molecule has 2 heterocycles. The molecule has 140 valence electrons. The van der Waals surface area contributed by atoms with E-state index in [2.05, 4.69) is 15.5 Å². The number of benzene rings is 1. The number of carbonyl (C=O) groups is 2. The first-order valence-corrected chi connectivity index (χ1v) is 8.54. The number of fused-ring (bicyclic) bond motifs is 1. The topological polar surface area (TPSA) is 109 Å². The number of nitrogens with one attached hydrogen (secondary N) is 1. The van der Waals surface area contributed by atoms with Crippen LogP contribution < -0.4 is 5.32 Å². The highest BCUT2D eigenvalue weighted by Gasteiger charge is 2.17. The molecule has 0 spiro atoms. The molecule has 0 saturated heterocycles. The van der Waals surface area contributed by atoms with Crippen molar-refractivity contribution in [3.63, 3.8) is 0 Å². The minimum atomic E-state index is -0.644. The molecule has 0 aliphatic rings. The van der Waals surface area contributed by atoms with E-state index in [0.717, 1.165) is 5.52 Å². The number of nitrogens with zero attached hydrogens (tertiary/aromatic N) is 3. The van der Waals surface area contributed by atoms with E-state index in [0.29, 0.717) is 17.8 Å². The highest BCUT2D eigenvalue weighted by molar-refractivity contribution is 5.96. The third kappa shape index (κ3) is 4.05. The van der Waals surface area contributed by atoms with Gasteiger partial charge >= 0.3 is 0 Å². The smallest absolute Gasteiger partial charge is 0.287 e. The summed E-state index contributed by atoms with van der Waals surface area (Å²) in [6, 6.07) is 10.4. The van der Waals surface area contributed by atoms with Gasteiger partial charge in [0.15, 0.2) is 11.4 Å². The maximum Gasteiger partial charge on any atom is 0.287 e. The average Bonchev–Trinajstić information content (AvgIpc) is 3.26. The van der Waals surface area contributed by atoms with Crippen molar-refractivity contribution in [2.75, 3.05) is 6.54 Å². The van der Waals surface area contributed by atoms with Crippen molar-refractivity contribution >= 4 is 28.4 Å². The third-order valence-corrected chi connectivity index (χ3v) is 3.87. The fraction of sp³-hybridized carbons (Fsp3) is 0.263. The van der Waals surface area contributed by atoms with Crippen molar-refractivity contribution in [2.24, 2.45) is 16.1 Å². The van der Waals surface area contributed by atoms with Gasteiger partial charge in [-0.15, -0.1) is 10.2 Å². The van der Waals surface area contributed by atoms with Crippen molar-refractivity contribution in [3.05, 3.63) is 48.4 Å². The van der Waals surface area contributed by atoms with Crippen LogP contribution in [0.15, 0.2) is 57.3 Å². The number of para-hydroxylation sites is 1. The molecule has 0 unspecified atom stereocenters. The van der Waals surface area contributed by atoms with Crippen LogP contribution in [0.2, 0.25) is 0 Å². The van der Waals surface area contributed by atoms with Gasteiger partial charge in [0, 0.05) is 11.9 Å². The van der Waals surface area contributed by atoms with E-state index < -0.39 is 11.8 Å². The Hall–Kier alpha value is -3.42. The van der Waals surface area contributed by atoms with E-state index in [1.54, 1.807) is 10.6 Å². The summed E-state index contributed by atoms with van der Waals surface area (Å²) in [5.41, 5.74) is 1.05. The number of aromatic hydroxyl groups is 1. The molecule has 2 amide bonds. The zero-order chi connectivity index (χ0) is 19.4. The van der Waals surface area contributed by atoms with Crippen LogP contribution in [-0.2, 0) is 11.3 Å². The Morgan fingerprint density at radius 2 is 2.00 bits per heavy atom. The Balaban J connectivity index is 1.76. The molecule has 2 aromatic heterocycles. The summed E-state index contributed by atoms with van der Waals surface area (Å²) in [4.78, 5) is 23.7. The predicted octanol–water partition coefficient (Wildman–Crippen LogP) is 3.64. The predicted molar refractivity (Wildman–Crippen MR) is 99.0 cm³/mol. The molecule has 27 heavy (non-hydrogen) atoms. The quantitative estimate of drug-likeness (QED) is 0.647. The number of amides is 2. The van der Waals surface area contributed by atoms with Crippen LogP contribution in [0.3, 0.4) is 0 Å². The Labute approximate surface area is 155 Å². The standard InChI is InChI=1S/C19H20N4O4/c1-12(2)11-23-14-7-4-3-6-13(14)17(19(23)26)22-21-16(24)10-20-18(25)15-8-5-9-27-15/h3-9,12,26H,10-11H2,1-2H3,(H,20,25). The van der Waals surface area contributed by atoms with Crippen LogP contribution >= 0.6 is 0 Å². The molecule has 0 aliphatic carbocycles. The van der Waals surface area contributed by atoms with Crippen molar-refractivity contribution in [2.45, 2.75) is 20.4 Å². The number of rotatable bonds is 6. The SMILES string of the molecule is CC(C)Cn1c(O)c(N=NC(=O)CNC(=O)c2ccco2)c2ccccc21. The second kappa shape index (κ2) is 7.86. The first-order chi connectivity index (χ1) is 13.0. The second-order valence-corrected chi connectivity index (χ2v) is 6.45. The number of azo groups is 1. The molecule has 0 aliphatic heterocycles. The van der Waals surface area contributed by atoms with Crippen LogP contribution in [0.5, 0.6) is 5.88 Å². The van der Waals surface area contributed by atoms with Gasteiger partial charge in [0.2, 0.25) is 5.88 Å². The molecule has 0 radical (unpaired) electrons. The van der Waals surface area contributed by atoms with E-state index in [1.807, 2.05) is 38.1 Å². The van der Waals surface area contributed by atoms with Crippen LogP contribution in [0.25, 0.3) is 10.9 Å². The van der Waals surface area contributed by atoms with E-state index in [9.17, 15) is 14.7 Å². The van der Waals surface area contributed by atoms with Gasteiger partial charge in [0.25, 0.3) is 11.8 Å². The van der Waals surface area contributed by atoms with E-state index >= 15 is 0 Å². The summed E-state index contributed by atoms with van der Waals surface area (Å²) in [6.07, 6.45) is 1.37. The summed E-state index contributed by atoms with van der Waals surface area (Å²) in [7, 11) is 0. The number of aromatic nitrogens is 1. The Kier molecular flexibility index (Phi) is 5.35. The second-order valence-electron chi connectivity index (χ2n) is 6.45. The van der Waals surface area contributed by atoms with Crippen molar-refractivity contribution in [1.29, 1.82) is 0 Å². The fourth-order valence-corrected chi connectivity index (χ4v) is 2.71. The van der Waals surface area contributed by atoms with Gasteiger partial charge in [-0.3, -0.25) is 9.59 Å². The highest BCUT2D eigenvalue weighted by atomic mass is 16.3. The molecule has 2 N–H and O–H groups in total. The van der Waals surface area contributed by atoms with Gasteiger partial charge in [-0.05, 0) is 24.1 Å². The summed E-state index contributed by atoms with van der Waals surface area (Å²) in [5, 5.41) is 21.2. The lowest BCUT2D eigenvalue weighted by atomic mass is 10.2. The maximum absolute atomic E-state index is 11.9. The number of hydrogen-bond acceptors (Lipinski definition) is 5. The number of hydrogen-bond donors (Lipinski definition) is 2. The average molecular weight is 368 g/mol. The zero-order valence-electron chi connectivity index (χ0n) is 15.0. The van der Waals surface area contributed by atoms with E-state index in [1.165, 1.54) is 12.3 Å². The molecule has 3 aromatic rings. The largest absolute Gasteiger partial charge is 0.493 e. The monoisotopic (exact) mass is 368 g/mol. The molecular weight excluding hydrogens is 348 g/mol. The zero-order valence-corrected chi connectivity index (χ0v) is 15.0. The van der Waals surface area contributed by atoms with Crippen molar-refractivity contribution < 1.29 is 19.1 Å². The van der Waals surface area contributed by atoms with Crippen LogP contribution in [0.4, 0.5) is 5.69 Å². The van der Waals surface area contributed by atoms with Gasteiger partial charge in [-0.1, -0.05) is 32.0 Å². The molecule has 1 aromatic carbocycles.